The number of hydrogen-bond acceptors (Lipinski definition) is 7. The van der Waals surface area contributed by atoms with Crippen LogP contribution in [0.2, 0.25) is 0 Å². The smallest absolute Gasteiger partial charge is 0.242 e. The van der Waals surface area contributed by atoms with Gasteiger partial charge in [0.2, 0.25) is 21.8 Å². The topological polar surface area (TPSA) is 138 Å². The minimum absolute atomic E-state index is 0.117. The molecule has 3 rings (SSSR count). The van der Waals surface area contributed by atoms with Gasteiger partial charge in [-0.05, 0) is 49.6 Å². The van der Waals surface area contributed by atoms with E-state index in [2.05, 4.69) is 15.4 Å². The van der Waals surface area contributed by atoms with E-state index in [-0.39, 0.29) is 22.9 Å². The monoisotopic (exact) mass is 447 g/mol. The second-order valence-electron chi connectivity index (χ2n) is 7.09. The maximum Gasteiger partial charge on any atom is 0.242 e. The molecule has 0 aliphatic carbocycles. The van der Waals surface area contributed by atoms with Crippen LogP contribution in [0.3, 0.4) is 0 Å². The van der Waals surface area contributed by atoms with Crippen LogP contribution in [0.25, 0.3) is 11.0 Å². The molecule has 0 saturated heterocycles. The Hall–Kier alpha value is -3.18. The Balaban J connectivity index is 1.84. The van der Waals surface area contributed by atoms with Gasteiger partial charge in [0.05, 0.1) is 30.2 Å². The average Bonchev–Trinajstić information content (AvgIpc) is 3.02. The van der Waals surface area contributed by atoms with Crippen molar-refractivity contribution in [3.8, 4) is 11.6 Å². The zero-order valence-electron chi connectivity index (χ0n) is 18.0. The highest BCUT2D eigenvalue weighted by Crippen LogP contribution is 2.31. The number of sulfonamides is 1. The number of carbonyl (C=O) groups excluding carboxylic acids is 1. The third kappa shape index (κ3) is 4.47. The van der Waals surface area contributed by atoms with Gasteiger partial charge in [-0.2, -0.15) is 0 Å². The molecular weight excluding hydrogens is 422 g/mol. The molecule has 1 amide bonds. The molecule has 3 aromatic rings. The summed E-state index contributed by atoms with van der Waals surface area (Å²) in [6.45, 7) is 3.84. The van der Waals surface area contributed by atoms with Crippen LogP contribution in [-0.2, 0) is 28.3 Å². The molecule has 2 heterocycles. The summed E-state index contributed by atoms with van der Waals surface area (Å²) in [5.41, 5.74) is 3.63. The van der Waals surface area contributed by atoms with Crippen molar-refractivity contribution in [3.63, 3.8) is 0 Å². The Morgan fingerprint density at radius 1 is 1.23 bits per heavy atom. The van der Waals surface area contributed by atoms with Crippen LogP contribution in [0.4, 0.5) is 5.69 Å². The average molecular weight is 448 g/mol. The van der Waals surface area contributed by atoms with Crippen molar-refractivity contribution < 1.29 is 22.7 Å². The number of hydrogen-bond donors (Lipinski definition) is 2. The molecule has 0 fully saturated rings. The fourth-order valence-electron chi connectivity index (χ4n) is 3.52. The number of pyridine rings is 1. The number of anilines is 1. The summed E-state index contributed by atoms with van der Waals surface area (Å²) in [6.07, 6.45) is 0.585. The van der Waals surface area contributed by atoms with Gasteiger partial charge in [0.15, 0.2) is 5.65 Å². The molecule has 31 heavy (non-hydrogen) atoms. The van der Waals surface area contributed by atoms with Crippen LogP contribution in [0.15, 0.2) is 23.1 Å². The first-order chi connectivity index (χ1) is 14.6. The SMILES string of the molecule is COc1ccc(S(N)(=O)=O)cc1NC(=O)CCc1c(C)nc2c(c(OC)nn2C)c1C. The summed E-state index contributed by atoms with van der Waals surface area (Å²) in [7, 11) is 0.865. The molecule has 0 atom stereocenters. The van der Waals surface area contributed by atoms with Gasteiger partial charge in [-0.3, -0.25) is 4.79 Å². The second-order valence-corrected chi connectivity index (χ2v) is 8.65. The van der Waals surface area contributed by atoms with E-state index in [1.54, 1.807) is 18.8 Å². The molecule has 10 nitrogen and oxygen atoms in total. The number of nitrogens with one attached hydrogen (secondary N) is 1. The van der Waals surface area contributed by atoms with E-state index >= 15 is 0 Å². The van der Waals surface area contributed by atoms with Gasteiger partial charge in [-0.1, -0.05) is 0 Å². The number of primary sulfonamides is 1. The van der Waals surface area contributed by atoms with E-state index in [1.165, 1.54) is 25.3 Å². The molecule has 2 aromatic heterocycles. The normalized spacial score (nSPS) is 11.5. The molecule has 1 aromatic carbocycles. The van der Waals surface area contributed by atoms with Crippen molar-refractivity contribution in [3.05, 3.63) is 35.0 Å². The molecule has 3 N–H and O–H groups in total. The quantitative estimate of drug-likeness (QED) is 0.563. The van der Waals surface area contributed by atoms with E-state index in [4.69, 9.17) is 14.6 Å². The maximum atomic E-state index is 12.6. The highest BCUT2D eigenvalue weighted by Gasteiger charge is 2.19. The molecular formula is C20H25N5O5S. The van der Waals surface area contributed by atoms with E-state index in [1.807, 2.05) is 13.8 Å². The molecule has 0 radical (unpaired) electrons. The van der Waals surface area contributed by atoms with Gasteiger partial charge in [0.1, 0.15) is 5.75 Å². The number of carbonyl (C=O) groups is 1. The molecule has 0 aliphatic rings. The lowest BCUT2D eigenvalue weighted by atomic mass is 10.00. The number of rotatable bonds is 7. The summed E-state index contributed by atoms with van der Waals surface area (Å²) >= 11 is 0. The van der Waals surface area contributed by atoms with Crippen LogP contribution in [0.1, 0.15) is 23.2 Å². The van der Waals surface area contributed by atoms with Crippen molar-refractivity contribution >= 4 is 32.7 Å². The first-order valence-electron chi connectivity index (χ1n) is 9.44. The lowest BCUT2D eigenvalue weighted by Gasteiger charge is -2.13. The third-order valence-corrected chi connectivity index (χ3v) is 6.00. The van der Waals surface area contributed by atoms with Gasteiger partial charge in [0, 0.05) is 19.2 Å². The first-order valence-corrected chi connectivity index (χ1v) is 11.0. The summed E-state index contributed by atoms with van der Waals surface area (Å²) < 4.78 is 35.5. The summed E-state index contributed by atoms with van der Waals surface area (Å²) in [4.78, 5) is 17.1. The number of ether oxygens (including phenoxy) is 2. The molecule has 0 bridgehead atoms. The van der Waals surface area contributed by atoms with Crippen LogP contribution < -0.4 is 19.9 Å². The zero-order valence-corrected chi connectivity index (χ0v) is 18.8. The van der Waals surface area contributed by atoms with Crippen molar-refractivity contribution in [1.82, 2.24) is 14.8 Å². The predicted octanol–water partition coefficient (Wildman–Crippen LogP) is 1.82. The number of nitrogens with two attached hydrogens (primary N) is 1. The van der Waals surface area contributed by atoms with Crippen molar-refractivity contribution in [1.29, 1.82) is 0 Å². The third-order valence-electron chi connectivity index (χ3n) is 5.09. The summed E-state index contributed by atoms with van der Waals surface area (Å²) in [6, 6.07) is 4.03. The van der Waals surface area contributed by atoms with Crippen molar-refractivity contribution in [2.45, 2.75) is 31.6 Å². The van der Waals surface area contributed by atoms with Crippen molar-refractivity contribution in [2.75, 3.05) is 19.5 Å². The molecule has 0 saturated carbocycles. The maximum absolute atomic E-state index is 12.6. The van der Waals surface area contributed by atoms with Gasteiger partial charge < -0.3 is 14.8 Å². The lowest BCUT2D eigenvalue weighted by molar-refractivity contribution is -0.116. The molecule has 0 spiro atoms. The number of benzene rings is 1. The van der Waals surface area contributed by atoms with Crippen molar-refractivity contribution in [2.24, 2.45) is 12.2 Å². The van der Waals surface area contributed by atoms with E-state index in [0.717, 1.165) is 22.2 Å². The zero-order chi connectivity index (χ0) is 22.9. The van der Waals surface area contributed by atoms with Gasteiger partial charge in [-0.15, -0.1) is 5.10 Å². The first kappa shape index (κ1) is 22.5. The second kappa shape index (κ2) is 8.52. The van der Waals surface area contributed by atoms with Crippen LogP contribution in [0.5, 0.6) is 11.6 Å². The lowest BCUT2D eigenvalue weighted by Crippen LogP contribution is -2.16. The standard InChI is InChI=1S/C20H25N5O5S/c1-11-14(12(2)22-19-18(11)20(30-5)24-25(19)3)7-9-17(26)23-15-10-13(31(21,27)28)6-8-16(15)29-4/h6,8,10H,7,9H2,1-5H3,(H,23,26)(H2,21,27,28). The number of fused-ring (bicyclic) bond motifs is 1. The largest absolute Gasteiger partial charge is 0.495 e. The Kier molecular flexibility index (Phi) is 6.18. The molecule has 11 heteroatoms. The highest BCUT2D eigenvalue weighted by atomic mass is 32.2. The predicted molar refractivity (Wildman–Crippen MR) is 116 cm³/mol. The number of aromatic nitrogens is 3. The van der Waals surface area contributed by atoms with Gasteiger partial charge in [-0.25, -0.2) is 23.2 Å². The molecule has 0 aliphatic heterocycles. The number of amides is 1. The Morgan fingerprint density at radius 3 is 2.55 bits per heavy atom. The molecule has 166 valence electrons. The number of methoxy groups -OCH3 is 2. The van der Waals surface area contributed by atoms with Gasteiger partial charge in [0.25, 0.3) is 0 Å². The Bertz CT molecular complexity index is 1270. The van der Waals surface area contributed by atoms with E-state index < -0.39 is 10.0 Å². The number of aryl methyl sites for hydroxylation is 3. The fraction of sp³-hybridized carbons (Fsp3) is 0.350. The number of nitrogens with zero attached hydrogens (tertiary/aromatic N) is 3. The Morgan fingerprint density at radius 2 is 1.94 bits per heavy atom. The fourth-order valence-corrected chi connectivity index (χ4v) is 4.06. The Labute approximate surface area is 180 Å². The minimum atomic E-state index is -3.91. The van der Waals surface area contributed by atoms with Gasteiger partial charge >= 0.3 is 0 Å². The van der Waals surface area contributed by atoms with Crippen LogP contribution in [-0.4, -0.2) is 43.3 Å². The highest BCUT2D eigenvalue weighted by molar-refractivity contribution is 7.89. The van der Waals surface area contributed by atoms with E-state index in [9.17, 15) is 13.2 Å². The minimum Gasteiger partial charge on any atom is -0.495 e. The summed E-state index contributed by atoms with van der Waals surface area (Å²) in [5, 5.41) is 13.0. The molecule has 0 unspecified atom stereocenters. The summed E-state index contributed by atoms with van der Waals surface area (Å²) in [5.74, 6) is 0.510. The van der Waals surface area contributed by atoms with Crippen LogP contribution in [0, 0.1) is 13.8 Å². The van der Waals surface area contributed by atoms with Crippen LogP contribution >= 0.6 is 0 Å². The van der Waals surface area contributed by atoms with E-state index in [0.29, 0.717) is 23.7 Å².